The lowest BCUT2D eigenvalue weighted by Crippen LogP contribution is -2.34. The molecule has 0 aliphatic heterocycles. The smallest absolute Gasteiger partial charge is 0.235 e. The molecule has 4 nitrogen and oxygen atoms in total. The number of benzene rings is 1. The van der Waals surface area contributed by atoms with Gasteiger partial charge in [0.1, 0.15) is 0 Å². The number of rotatable bonds is 7. The first-order chi connectivity index (χ1) is 8.61. The lowest BCUT2D eigenvalue weighted by Gasteiger charge is -2.23. The van der Waals surface area contributed by atoms with Gasteiger partial charge in [0.05, 0.1) is 23.9 Å². The van der Waals surface area contributed by atoms with Gasteiger partial charge in [0.2, 0.25) is 10.0 Å². The second-order valence-electron chi connectivity index (χ2n) is 3.67. The predicted molar refractivity (Wildman–Crippen MR) is 73.1 cm³/mol. The summed E-state index contributed by atoms with van der Waals surface area (Å²) >= 11 is 5.53. The Labute approximate surface area is 113 Å². The number of nitriles is 1. The number of hydrogen-bond donors (Lipinski definition) is 0. The number of alkyl halides is 1. The Hall–Kier alpha value is -1.25. The van der Waals surface area contributed by atoms with Crippen molar-refractivity contribution < 1.29 is 8.42 Å². The minimum absolute atomic E-state index is 0.00315. The number of hydrogen-bond acceptors (Lipinski definition) is 3. The van der Waals surface area contributed by atoms with Crippen LogP contribution in [0.25, 0.3) is 0 Å². The van der Waals surface area contributed by atoms with Gasteiger partial charge in [0.25, 0.3) is 0 Å². The number of para-hydroxylation sites is 1. The maximum Gasteiger partial charge on any atom is 0.235 e. The molecular formula is C12H15ClN2O2S. The van der Waals surface area contributed by atoms with Crippen LogP contribution < -0.4 is 4.31 Å². The Bertz CT molecular complexity index is 497. The molecule has 98 valence electrons. The second kappa shape index (κ2) is 7.24. The average molecular weight is 287 g/mol. The van der Waals surface area contributed by atoms with Gasteiger partial charge in [-0.25, -0.2) is 8.42 Å². The van der Waals surface area contributed by atoms with Gasteiger partial charge in [-0.2, -0.15) is 5.26 Å². The van der Waals surface area contributed by atoms with Crippen molar-refractivity contribution in [2.75, 3.05) is 22.5 Å². The summed E-state index contributed by atoms with van der Waals surface area (Å²) in [4.78, 5) is 0. The molecule has 0 spiro atoms. The van der Waals surface area contributed by atoms with Crippen molar-refractivity contribution in [1.82, 2.24) is 0 Å². The first-order valence-electron chi connectivity index (χ1n) is 5.60. The van der Waals surface area contributed by atoms with Gasteiger partial charge in [-0.3, -0.25) is 4.31 Å². The molecule has 0 amide bonds. The molecular weight excluding hydrogens is 272 g/mol. The van der Waals surface area contributed by atoms with E-state index in [0.29, 0.717) is 18.0 Å². The van der Waals surface area contributed by atoms with Crippen molar-refractivity contribution in [1.29, 1.82) is 5.26 Å². The molecule has 0 saturated heterocycles. The van der Waals surface area contributed by atoms with Gasteiger partial charge in [0.15, 0.2) is 0 Å². The molecule has 1 aromatic carbocycles. The lowest BCUT2D eigenvalue weighted by molar-refractivity contribution is 0.589. The van der Waals surface area contributed by atoms with E-state index in [0.717, 1.165) is 0 Å². The molecule has 0 radical (unpaired) electrons. The molecule has 0 unspecified atom stereocenters. The highest BCUT2D eigenvalue weighted by molar-refractivity contribution is 7.92. The molecule has 18 heavy (non-hydrogen) atoms. The largest absolute Gasteiger partial charge is 0.269 e. The fourth-order valence-electron chi connectivity index (χ4n) is 1.52. The van der Waals surface area contributed by atoms with Gasteiger partial charge in [-0.05, 0) is 18.6 Å². The molecule has 0 saturated carbocycles. The zero-order valence-electron chi connectivity index (χ0n) is 9.92. The number of anilines is 1. The van der Waals surface area contributed by atoms with Crippen molar-refractivity contribution in [3.05, 3.63) is 30.3 Å². The van der Waals surface area contributed by atoms with Gasteiger partial charge >= 0.3 is 0 Å². The van der Waals surface area contributed by atoms with Crippen LogP contribution in [0.5, 0.6) is 0 Å². The Morgan fingerprint density at radius 2 is 1.94 bits per heavy atom. The van der Waals surface area contributed by atoms with Gasteiger partial charge in [-0.1, -0.05) is 18.2 Å². The van der Waals surface area contributed by atoms with E-state index >= 15 is 0 Å². The average Bonchev–Trinajstić information content (AvgIpc) is 2.38. The van der Waals surface area contributed by atoms with Crippen LogP contribution in [-0.2, 0) is 10.0 Å². The standard InChI is InChI=1S/C12H15ClN2O2S/c13-8-4-11-18(16,17)15(10-5-9-14)12-6-2-1-3-7-12/h1-3,6-7H,4-5,8,10-11H2. The molecule has 1 rings (SSSR count). The monoisotopic (exact) mass is 286 g/mol. The number of sulfonamides is 1. The first-order valence-corrected chi connectivity index (χ1v) is 7.74. The van der Waals surface area contributed by atoms with Crippen LogP contribution in [0.15, 0.2) is 30.3 Å². The van der Waals surface area contributed by atoms with E-state index < -0.39 is 10.0 Å². The minimum atomic E-state index is -3.41. The molecule has 0 bridgehead atoms. The summed E-state index contributed by atoms with van der Waals surface area (Å²) in [5.74, 6) is 0.303. The van der Waals surface area contributed by atoms with Crippen LogP contribution in [0, 0.1) is 11.3 Å². The minimum Gasteiger partial charge on any atom is -0.269 e. The quantitative estimate of drug-likeness (QED) is 0.723. The summed E-state index contributed by atoms with van der Waals surface area (Å²) in [6.07, 6.45) is 0.564. The van der Waals surface area contributed by atoms with Crippen LogP contribution in [0.4, 0.5) is 5.69 Å². The maximum atomic E-state index is 12.2. The van der Waals surface area contributed by atoms with Gasteiger partial charge < -0.3 is 0 Å². The van der Waals surface area contributed by atoms with Crippen LogP contribution in [0.2, 0.25) is 0 Å². The zero-order chi connectivity index (χ0) is 13.4. The van der Waals surface area contributed by atoms with Crippen molar-refractivity contribution in [3.8, 4) is 6.07 Å². The SMILES string of the molecule is N#CCCN(c1ccccc1)S(=O)(=O)CCCCl. The molecule has 0 aliphatic rings. The summed E-state index contributed by atoms with van der Waals surface area (Å²) in [5, 5.41) is 8.61. The van der Waals surface area contributed by atoms with Crippen LogP contribution in [-0.4, -0.2) is 26.6 Å². The lowest BCUT2D eigenvalue weighted by atomic mass is 10.3. The predicted octanol–water partition coefficient (Wildman–Crippen LogP) is 2.37. The van der Waals surface area contributed by atoms with E-state index in [2.05, 4.69) is 0 Å². The first kappa shape index (κ1) is 14.8. The third kappa shape index (κ3) is 4.21. The fourth-order valence-corrected chi connectivity index (χ4v) is 3.36. The second-order valence-corrected chi connectivity index (χ2v) is 6.07. The summed E-state index contributed by atoms with van der Waals surface area (Å²) in [6.45, 7) is 0.172. The normalized spacial score (nSPS) is 10.9. The molecule has 0 N–H and O–H groups in total. The highest BCUT2D eigenvalue weighted by Crippen LogP contribution is 2.18. The third-order valence-electron chi connectivity index (χ3n) is 2.34. The topological polar surface area (TPSA) is 61.2 Å². The van der Waals surface area contributed by atoms with Crippen LogP contribution >= 0.6 is 11.6 Å². The highest BCUT2D eigenvalue weighted by Gasteiger charge is 2.21. The van der Waals surface area contributed by atoms with Gasteiger partial charge in [0, 0.05) is 12.4 Å². The molecule has 0 heterocycles. The van der Waals surface area contributed by atoms with E-state index in [-0.39, 0.29) is 18.7 Å². The van der Waals surface area contributed by atoms with E-state index in [1.54, 1.807) is 24.3 Å². The van der Waals surface area contributed by atoms with Crippen molar-refractivity contribution in [3.63, 3.8) is 0 Å². The number of nitrogens with zero attached hydrogens (tertiary/aromatic N) is 2. The van der Waals surface area contributed by atoms with E-state index in [1.807, 2.05) is 12.1 Å². The third-order valence-corrected chi connectivity index (χ3v) is 4.48. The Balaban J connectivity index is 2.95. The summed E-state index contributed by atoms with van der Waals surface area (Å²) in [7, 11) is -3.41. The maximum absolute atomic E-state index is 12.2. The van der Waals surface area contributed by atoms with Crippen LogP contribution in [0.1, 0.15) is 12.8 Å². The molecule has 0 fully saturated rings. The zero-order valence-corrected chi connectivity index (χ0v) is 11.5. The van der Waals surface area contributed by atoms with E-state index in [1.165, 1.54) is 4.31 Å². The summed E-state index contributed by atoms with van der Waals surface area (Å²) in [5.41, 5.74) is 0.585. The van der Waals surface area contributed by atoms with Crippen molar-refractivity contribution >= 4 is 27.3 Å². The van der Waals surface area contributed by atoms with Gasteiger partial charge in [-0.15, -0.1) is 11.6 Å². The molecule has 1 aromatic rings. The van der Waals surface area contributed by atoms with Crippen molar-refractivity contribution in [2.45, 2.75) is 12.8 Å². The molecule has 0 aliphatic carbocycles. The van der Waals surface area contributed by atoms with Crippen LogP contribution in [0.3, 0.4) is 0 Å². The Morgan fingerprint density at radius 1 is 1.28 bits per heavy atom. The summed E-state index contributed by atoms with van der Waals surface area (Å²) < 4.78 is 25.6. The number of halogens is 1. The highest BCUT2D eigenvalue weighted by atomic mass is 35.5. The van der Waals surface area contributed by atoms with E-state index in [4.69, 9.17) is 16.9 Å². The summed E-state index contributed by atoms with van der Waals surface area (Å²) in [6, 6.07) is 10.8. The Morgan fingerprint density at radius 3 is 2.50 bits per heavy atom. The van der Waals surface area contributed by atoms with Crippen molar-refractivity contribution in [2.24, 2.45) is 0 Å². The fraction of sp³-hybridized carbons (Fsp3) is 0.417. The molecule has 0 aromatic heterocycles. The van der Waals surface area contributed by atoms with E-state index in [9.17, 15) is 8.42 Å². The molecule has 6 heteroatoms. The molecule has 0 atom stereocenters. The Kier molecular flexibility index (Phi) is 5.96.